The van der Waals surface area contributed by atoms with E-state index in [1.165, 1.54) is 10.6 Å². The van der Waals surface area contributed by atoms with Gasteiger partial charge in [0.1, 0.15) is 17.8 Å². The molecule has 0 amide bonds. The summed E-state index contributed by atoms with van der Waals surface area (Å²) in [5, 5.41) is 6.32. The van der Waals surface area contributed by atoms with E-state index in [0.29, 0.717) is 42.7 Å². The highest BCUT2D eigenvalue weighted by molar-refractivity contribution is 7.89. The maximum Gasteiger partial charge on any atom is 0.243 e. The van der Waals surface area contributed by atoms with E-state index >= 15 is 0 Å². The van der Waals surface area contributed by atoms with Gasteiger partial charge in [0.05, 0.1) is 11.5 Å². The SMILES string of the molecule is CCCCOc1ccc(Nc2ncnc(Nc3ccc(S(=O)(=O)N(CC)CC)cc3)c2N)cc1. The summed E-state index contributed by atoms with van der Waals surface area (Å²) < 4.78 is 32.4. The summed E-state index contributed by atoms with van der Waals surface area (Å²) in [7, 11) is -3.51. The van der Waals surface area contributed by atoms with E-state index in [2.05, 4.69) is 27.5 Å². The first-order valence-corrected chi connectivity index (χ1v) is 12.8. The van der Waals surface area contributed by atoms with Crippen LogP contribution in [0.1, 0.15) is 33.6 Å². The molecule has 0 aliphatic carbocycles. The van der Waals surface area contributed by atoms with Gasteiger partial charge in [-0.1, -0.05) is 27.2 Å². The van der Waals surface area contributed by atoms with E-state index in [0.717, 1.165) is 24.3 Å². The second-order valence-corrected chi connectivity index (χ2v) is 9.51. The topological polar surface area (TPSA) is 122 Å². The number of rotatable bonds is 12. The molecule has 1 aromatic heterocycles. The van der Waals surface area contributed by atoms with Gasteiger partial charge in [-0.15, -0.1) is 0 Å². The number of nitrogens with two attached hydrogens (primary N) is 1. The number of sulfonamides is 1. The molecule has 34 heavy (non-hydrogen) atoms. The first-order valence-electron chi connectivity index (χ1n) is 11.4. The van der Waals surface area contributed by atoms with Gasteiger partial charge in [0.25, 0.3) is 0 Å². The van der Waals surface area contributed by atoms with Gasteiger partial charge in [0.2, 0.25) is 10.0 Å². The van der Waals surface area contributed by atoms with Crippen molar-refractivity contribution in [2.75, 3.05) is 36.1 Å². The van der Waals surface area contributed by atoms with E-state index in [-0.39, 0.29) is 4.90 Å². The number of nitrogens with zero attached hydrogens (tertiary/aromatic N) is 3. The smallest absolute Gasteiger partial charge is 0.243 e. The molecule has 0 bridgehead atoms. The molecule has 0 unspecified atom stereocenters. The van der Waals surface area contributed by atoms with Crippen LogP contribution < -0.4 is 21.1 Å². The molecule has 3 rings (SSSR count). The molecular weight excluding hydrogens is 452 g/mol. The van der Waals surface area contributed by atoms with Crippen molar-refractivity contribution < 1.29 is 13.2 Å². The van der Waals surface area contributed by atoms with Crippen molar-refractivity contribution in [1.29, 1.82) is 0 Å². The Morgan fingerprint density at radius 3 is 1.91 bits per heavy atom. The van der Waals surface area contributed by atoms with Crippen molar-refractivity contribution in [3.8, 4) is 5.75 Å². The van der Waals surface area contributed by atoms with Crippen LogP contribution in [-0.2, 0) is 10.0 Å². The van der Waals surface area contributed by atoms with Gasteiger partial charge in [0, 0.05) is 24.5 Å². The van der Waals surface area contributed by atoms with Crippen LogP contribution >= 0.6 is 0 Å². The van der Waals surface area contributed by atoms with Gasteiger partial charge in [-0.2, -0.15) is 4.31 Å². The van der Waals surface area contributed by atoms with E-state index in [9.17, 15) is 8.42 Å². The lowest BCUT2D eigenvalue weighted by Crippen LogP contribution is -2.30. The van der Waals surface area contributed by atoms with Crippen molar-refractivity contribution in [2.45, 2.75) is 38.5 Å². The molecule has 182 valence electrons. The lowest BCUT2D eigenvalue weighted by Gasteiger charge is -2.18. The number of hydrogen-bond donors (Lipinski definition) is 3. The van der Waals surface area contributed by atoms with Crippen LogP contribution in [0.15, 0.2) is 59.8 Å². The number of benzene rings is 2. The molecule has 0 radical (unpaired) electrons. The number of anilines is 5. The van der Waals surface area contributed by atoms with Gasteiger partial charge in [0.15, 0.2) is 11.6 Å². The summed E-state index contributed by atoms with van der Waals surface area (Å²) in [6.07, 6.45) is 3.51. The Bertz CT molecular complexity index is 1160. The fourth-order valence-corrected chi connectivity index (χ4v) is 4.72. The minimum absolute atomic E-state index is 0.238. The maximum atomic E-state index is 12.7. The van der Waals surface area contributed by atoms with Crippen LogP contribution in [0.4, 0.5) is 28.7 Å². The van der Waals surface area contributed by atoms with E-state index in [1.807, 2.05) is 38.1 Å². The van der Waals surface area contributed by atoms with Gasteiger partial charge in [-0.3, -0.25) is 0 Å². The van der Waals surface area contributed by atoms with Crippen molar-refractivity contribution in [3.63, 3.8) is 0 Å². The summed E-state index contributed by atoms with van der Waals surface area (Å²) in [5.41, 5.74) is 8.09. The highest BCUT2D eigenvalue weighted by atomic mass is 32.2. The highest BCUT2D eigenvalue weighted by Crippen LogP contribution is 2.29. The van der Waals surface area contributed by atoms with E-state index in [1.54, 1.807) is 24.3 Å². The zero-order valence-electron chi connectivity index (χ0n) is 19.8. The molecule has 0 atom stereocenters. The molecule has 0 aliphatic heterocycles. The van der Waals surface area contributed by atoms with Crippen LogP contribution in [0.3, 0.4) is 0 Å². The molecule has 0 aliphatic rings. The predicted molar refractivity (Wildman–Crippen MR) is 136 cm³/mol. The van der Waals surface area contributed by atoms with E-state index < -0.39 is 10.0 Å². The normalized spacial score (nSPS) is 11.4. The molecule has 0 fully saturated rings. The molecule has 2 aromatic carbocycles. The minimum Gasteiger partial charge on any atom is -0.494 e. The monoisotopic (exact) mass is 484 g/mol. The average Bonchev–Trinajstić information content (AvgIpc) is 2.84. The molecule has 10 heteroatoms. The first kappa shape index (κ1) is 25.3. The summed E-state index contributed by atoms with van der Waals surface area (Å²) in [4.78, 5) is 8.70. The molecule has 9 nitrogen and oxygen atoms in total. The standard InChI is InChI=1S/C24H32N6O3S/c1-4-7-16-33-20-12-8-18(9-13-20)28-23-22(25)24(27-17-26-23)29-19-10-14-21(15-11-19)34(31,32)30(5-2)6-3/h8-15,17H,4-7,16,25H2,1-3H3,(H2,26,27,28,29). The third-order valence-electron chi connectivity index (χ3n) is 5.23. The summed E-state index contributed by atoms with van der Waals surface area (Å²) in [6, 6.07) is 14.1. The molecule has 3 aromatic rings. The van der Waals surface area contributed by atoms with Crippen molar-refractivity contribution in [1.82, 2.24) is 14.3 Å². The lowest BCUT2D eigenvalue weighted by atomic mass is 10.3. The molecule has 0 saturated carbocycles. The van der Waals surface area contributed by atoms with Gasteiger partial charge in [-0.05, 0) is 55.0 Å². The Labute approximate surface area is 201 Å². The zero-order valence-corrected chi connectivity index (χ0v) is 20.6. The quantitative estimate of drug-likeness (QED) is 0.315. The third kappa shape index (κ3) is 6.15. The summed E-state index contributed by atoms with van der Waals surface area (Å²) >= 11 is 0. The average molecular weight is 485 g/mol. The second kappa shape index (κ2) is 11.7. The summed E-state index contributed by atoms with van der Waals surface area (Å²) in [5.74, 6) is 1.68. The Morgan fingerprint density at radius 2 is 1.41 bits per heavy atom. The molecule has 0 saturated heterocycles. The van der Waals surface area contributed by atoms with Gasteiger partial charge >= 0.3 is 0 Å². The van der Waals surface area contributed by atoms with Gasteiger partial charge in [-0.25, -0.2) is 18.4 Å². The number of ether oxygens (including phenoxy) is 1. The number of hydrogen-bond acceptors (Lipinski definition) is 8. The Hall–Kier alpha value is -3.37. The largest absolute Gasteiger partial charge is 0.494 e. The van der Waals surface area contributed by atoms with Crippen molar-refractivity contribution in [2.24, 2.45) is 0 Å². The minimum atomic E-state index is -3.51. The predicted octanol–water partition coefficient (Wildman–Crippen LogP) is 4.76. The van der Waals surface area contributed by atoms with Crippen LogP contribution in [-0.4, -0.2) is 42.4 Å². The first-order chi connectivity index (χ1) is 16.4. The van der Waals surface area contributed by atoms with Crippen molar-refractivity contribution >= 4 is 38.7 Å². The number of unbranched alkanes of at least 4 members (excludes halogenated alkanes) is 1. The maximum absolute atomic E-state index is 12.7. The van der Waals surface area contributed by atoms with Crippen LogP contribution in [0.25, 0.3) is 0 Å². The Balaban J connectivity index is 1.70. The molecule has 4 N–H and O–H groups in total. The Kier molecular flexibility index (Phi) is 8.67. The van der Waals surface area contributed by atoms with Crippen molar-refractivity contribution in [3.05, 3.63) is 54.9 Å². The van der Waals surface area contributed by atoms with Crippen LogP contribution in [0.2, 0.25) is 0 Å². The summed E-state index contributed by atoms with van der Waals surface area (Å²) in [6.45, 7) is 7.28. The van der Waals surface area contributed by atoms with Gasteiger partial charge < -0.3 is 21.1 Å². The number of aromatic nitrogens is 2. The lowest BCUT2D eigenvalue weighted by molar-refractivity contribution is 0.309. The fraction of sp³-hybridized carbons (Fsp3) is 0.333. The fourth-order valence-electron chi connectivity index (χ4n) is 3.26. The van der Waals surface area contributed by atoms with Crippen LogP contribution in [0, 0.1) is 0 Å². The third-order valence-corrected chi connectivity index (χ3v) is 7.29. The molecule has 1 heterocycles. The Morgan fingerprint density at radius 1 is 0.882 bits per heavy atom. The molecular formula is C24H32N6O3S. The zero-order chi connectivity index (χ0) is 24.6. The number of nitrogens with one attached hydrogen (secondary N) is 2. The van der Waals surface area contributed by atoms with Crippen LogP contribution in [0.5, 0.6) is 5.75 Å². The molecule has 0 spiro atoms. The number of nitrogen functional groups attached to an aromatic ring is 1. The second-order valence-electron chi connectivity index (χ2n) is 7.57. The highest BCUT2D eigenvalue weighted by Gasteiger charge is 2.21. The van der Waals surface area contributed by atoms with E-state index in [4.69, 9.17) is 10.5 Å².